The molecule has 7 heteroatoms. The van der Waals surface area contributed by atoms with Crippen molar-refractivity contribution < 1.29 is 18.3 Å². The smallest absolute Gasteiger partial charge is 0.387 e. The highest BCUT2D eigenvalue weighted by Gasteiger charge is 2.12. The average molecular weight is 363 g/mol. The van der Waals surface area contributed by atoms with Gasteiger partial charge in [-0.1, -0.05) is 41.9 Å². The highest BCUT2D eigenvalue weighted by atomic mass is 35.5. The molecule has 25 heavy (non-hydrogen) atoms. The third-order valence-electron chi connectivity index (χ3n) is 3.17. The summed E-state index contributed by atoms with van der Waals surface area (Å²) in [6, 6.07) is 14.5. The van der Waals surface area contributed by atoms with E-state index in [9.17, 15) is 18.8 Å². The molecule has 0 aliphatic rings. The quantitative estimate of drug-likeness (QED) is 0.620. The Bertz CT molecular complexity index is 815. The molecule has 1 amide bonds. The molecule has 4 nitrogen and oxygen atoms in total. The van der Waals surface area contributed by atoms with E-state index in [2.05, 4.69) is 10.1 Å². The summed E-state index contributed by atoms with van der Waals surface area (Å²) in [5.41, 5.74) is 0.789. The van der Waals surface area contributed by atoms with E-state index in [4.69, 9.17) is 11.6 Å². The molecule has 0 spiro atoms. The Labute approximate surface area is 148 Å². The Hall–Kier alpha value is -2.91. The molecule has 0 unspecified atom stereocenters. The van der Waals surface area contributed by atoms with Gasteiger partial charge >= 0.3 is 6.61 Å². The molecular weight excluding hydrogens is 350 g/mol. The van der Waals surface area contributed by atoms with Crippen LogP contribution >= 0.6 is 11.6 Å². The van der Waals surface area contributed by atoms with Gasteiger partial charge in [0.25, 0.3) is 5.91 Å². The van der Waals surface area contributed by atoms with Crippen LogP contribution in [-0.2, 0) is 11.3 Å². The number of hydrogen-bond donors (Lipinski definition) is 1. The van der Waals surface area contributed by atoms with Gasteiger partial charge < -0.3 is 10.1 Å². The van der Waals surface area contributed by atoms with E-state index in [0.29, 0.717) is 5.02 Å². The first-order chi connectivity index (χ1) is 12.0. The molecule has 0 saturated heterocycles. The largest absolute Gasteiger partial charge is 0.434 e. The molecule has 0 atom stereocenters. The van der Waals surface area contributed by atoms with Crippen molar-refractivity contribution in [1.29, 1.82) is 5.26 Å². The van der Waals surface area contributed by atoms with Gasteiger partial charge in [0.15, 0.2) is 0 Å². The van der Waals surface area contributed by atoms with E-state index < -0.39 is 12.5 Å². The number of para-hydroxylation sites is 1. The summed E-state index contributed by atoms with van der Waals surface area (Å²) < 4.78 is 29.2. The van der Waals surface area contributed by atoms with Crippen LogP contribution in [-0.4, -0.2) is 12.5 Å². The van der Waals surface area contributed by atoms with Crippen LogP contribution in [0.4, 0.5) is 8.78 Å². The van der Waals surface area contributed by atoms with Crippen molar-refractivity contribution in [3.05, 3.63) is 70.3 Å². The summed E-state index contributed by atoms with van der Waals surface area (Å²) >= 11 is 5.78. The number of ether oxygens (including phenoxy) is 1. The number of alkyl halides is 2. The lowest BCUT2D eigenvalue weighted by Crippen LogP contribution is -2.23. The second-order valence-electron chi connectivity index (χ2n) is 4.90. The van der Waals surface area contributed by atoms with Crippen LogP contribution in [0.25, 0.3) is 6.08 Å². The second-order valence-corrected chi connectivity index (χ2v) is 5.33. The van der Waals surface area contributed by atoms with Gasteiger partial charge in [-0.05, 0) is 29.8 Å². The highest BCUT2D eigenvalue weighted by Crippen LogP contribution is 2.22. The van der Waals surface area contributed by atoms with Gasteiger partial charge in [-0.3, -0.25) is 4.79 Å². The SMILES string of the molecule is N#C/C(=C\c1ccccc1OC(F)F)C(=O)NCc1ccc(Cl)cc1. The van der Waals surface area contributed by atoms with Gasteiger partial charge in [0.1, 0.15) is 17.4 Å². The van der Waals surface area contributed by atoms with Crippen LogP contribution in [0.5, 0.6) is 5.75 Å². The summed E-state index contributed by atoms with van der Waals surface area (Å²) in [6.45, 7) is -2.80. The van der Waals surface area contributed by atoms with Crippen LogP contribution in [0.2, 0.25) is 5.02 Å². The Morgan fingerprint density at radius 3 is 2.56 bits per heavy atom. The Kier molecular flexibility index (Phi) is 6.49. The minimum absolute atomic E-state index is 0.115. The Morgan fingerprint density at radius 2 is 1.92 bits per heavy atom. The predicted molar refractivity (Wildman–Crippen MR) is 90.0 cm³/mol. The van der Waals surface area contributed by atoms with Gasteiger partial charge in [0.2, 0.25) is 0 Å². The Morgan fingerprint density at radius 1 is 1.24 bits per heavy atom. The molecule has 1 N–H and O–H groups in total. The number of halogens is 3. The third kappa shape index (κ3) is 5.59. The fourth-order valence-corrected chi connectivity index (χ4v) is 2.11. The molecule has 2 rings (SSSR count). The van der Waals surface area contributed by atoms with Gasteiger partial charge in [0.05, 0.1) is 0 Å². The fourth-order valence-electron chi connectivity index (χ4n) is 1.99. The molecule has 0 aromatic heterocycles. The lowest BCUT2D eigenvalue weighted by atomic mass is 10.1. The van der Waals surface area contributed by atoms with Crippen molar-refractivity contribution in [2.45, 2.75) is 13.2 Å². The molecular formula is C18H13ClF2N2O2. The molecule has 0 aliphatic carbocycles. The predicted octanol–water partition coefficient (Wildman–Crippen LogP) is 4.16. The summed E-state index contributed by atoms with van der Waals surface area (Å²) in [5.74, 6) is -0.736. The number of carbonyl (C=O) groups is 1. The third-order valence-corrected chi connectivity index (χ3v) is 3.42. The summed E-state index contributed by atoms with van der Waals surface area (Å²) in [4.78, 5) is 12.1. The van der Waals surface area contributed by atoms with E-state index in [1.807, 2.05) is 0 Å². The van der Waals surface area contributed by atoms with Crippen molar-refractivity contribution in [3.63, 3.8) is 0 Å². The molecule has 128 valence electrons. The van der Waals surface area contributed by atoms with E-state index in [-0.39, 0.29) is 23.4 Å². The van der Waals surface area contributed by atoms with Gasteiger partial charge in [-0.2, -0.15) is 14.0 Å². The topological polar surface area (TPSA) is 62.1 Å². The van der Waals surface area contributed by atoms with Crippen LogP contribution in [0.15, 0.2) is 54.1 Å². The van der Waals surface area contributed by atoms with E-state index in [1.165, 1.54) is 24.3 Å². The zero-order chi connectivity index (χ0) is 18.2. The number of nitrogens with zero attached hydrogens (tertiary/aromatic N) is 1. The molecule has 0 fully saturated rings. The molecule has 0 aliphatic heterocycles. The molecule has 0 saturated carbocycles. The maximum atomic E-state index is 12.4. The maximum Gasteiger partial charge on any atom is 0.387 e. The van der Waals surface area contributed by atoms with E-state index >= 15 is 0 Å². The lowest BCUT2D eigenvalue weighted by Gasteiger charge is -2.08. The second kappa shape index (κ2) is 8.81. The monoisotopic (exact) mass is 362 g/mol. The summed E-state index contributed by atoms with van der Waals surface area (Å²) in [5, 5.41) is 12.3. The number of carbonyl (C=O) groups excluding carboxylic acids is 1. The molecule has 0 bridgehead atoms. The average Bonchev–Trinajstić information content (AvgIpc) is 2.59. The van der Waals surface area contributed by atoms with Gasteiger partial charge in [0, 0.05) is 17.1 Å². The standard InChI is InChI=1S/C18H13ClF2N2O2/c19-15-7-5-12(6-8-15)11-23-17(24)14(10-22)9-13-3-1-2-4-16(13)25-18(20)21/h1-9,18H,11H2,(H,23,24)/b14-9+. The van der Waals surface area contributed by atoms with Crippen molar-refractivity contribution in [2.75, 3.05) is 0 Å². The number of nitriles is 1. The van der Waals surface area contributed by atoms with E-state index in [1.54, 1.807) is 36.4 Å². The van der Waals surface area contributed by atoms with Crippen LogP contribution < -0.4 is 10.1 Å². The van der Waals surface area contributed by atoms with Crippen LogP contribution in [0.1, 0.15) is 11.1 Å². The van der Waals surface area contributed by atoms with Crippen LogP contribution in [0, 0.1) is 11.3 Å². The first-order valence-electron chi connectivity index (χ1n) is 7.18. The number of nitrogens with one attached hydrogen (secondary N) is 1. The van der Waals surface area contributed by atoms with Gasteiger partial charge in [-0.25, -0.2) is 0 Å². The normalized spacial score (nSPS) is 11.1. The van der Waals surface area contributed by atoms with Crippen LogP contribution in [0.3, 0.4) is 0 Å². The fraction of sp³-hybridized carbons (Fsp3) is 0.111. The maximum absolute atomic E-state index is 12.4. The summed E-state index contributed by atoms with van der Waals surface area (Å²) in [7, 11) is 0. The highest BCUT2D eigenvalue weighted by molar-refractivity contribution is 6.30. The number of benzene rings is 2. The van der Waals surface area contributed by atoms with Crippen molar-refractivity contribution in [2.24, 2.45) is 0 Å². The van der Waals surface area contributed by atoms with E-state index in [0.717, 1.165) is 5.56 Å². The first kappa shape index (κ1) is 18.4. The van der Waals surface area contributed by atoms with Gasteiger partial charge in [-0.15, -0.1) is 0 Å². The zero-order valence-corrected chi connectivity index (χ0v) is 13.6. The molecule has 2 aromatic rings. The number of rotatable bonds is 6. The minimum Gasteiger partial charge on any atom is -0.434 e. The van der Waals surface area contributed by atoms with Crippen molar-refractivity contribution in [3.8, 4) is 11.8 Å². The molecule has 0 radical (unpaired) electrons. The number of hydrogen-bond acceptors (Lipinski definition) is 3. The zero-order valence-electron chi connectivity index (χ0n) is 12.9. The lowest BCUT2D eigenvalue weighted by molar-refractivity contribution is -0.117. The van der Waals surface area contributed by atoms with Crippen molar-refractivity contribution >= 4 is 23.6 Å². The first-order valence-corrected chi connectivity index (χ1v) is 7.55. The Balaban J connectivity index is 2.13. The molecule has 0 heterocycles. The van der Waals surface area contributed by atoms with Crippen molar-refractivity contribution in [1.82, 2.24) is 5.32 Å². The number of amides is 1. The summed E-state index contributed by atoms with van der Waals surface area (Å²) in [6.07, 6.45) is 1.20. The minimum atomic E-state index is -3.00. The molecule has 2 aromatic carbocycles.